The lowest BCUT2D eigenvalue weighted by Crippen LogP contribution is -2.44. The van der Waals surface area contributed by atoms with Gasteiger partial charge in [0.25, 0.3) is 5.91 Å². The van der Waals surface area contributed by atoms with Gasteiger partial charge < -0.3 is 9.47 Å². The number of amides is 1. The number of nitrogens with one attached hydrogen (secondary N) is 1. The summed E-state index contributed by atoms with van der Waals surface area (Å²) in [5.74, 6) is 0.751. The third-order valence-electron chi connectivity index (χ3n) is 4.60. The van der Waals surface area contributed by atoms with Gasteiger partial charge in [0, 0.05) is 37.0 Å². The fraction of sp³-hybridized carbons (Fsp3) is 0.474. The molecule has 1 saturated heterocycles. The highest BCUT2D eigenvalue weighted by atomic mass is 32.1. The van der Waals surface area contributed by atoms with E-state index in [1.807, 2.05) is 17.5 Å². The molecule has 0 saturated carbocycles. The number of rotatable bonds is 4. The van der Waals surface area contributed by atoms with E-state index in [1.54, 1.807) is 6.07 Å². The van der Waals surface area contributed by atoms with Crippen molar-refractivity contribution < 1.29 is 14.3 Å². The second-order valence-electron chi connectivity index (χ2n) is 6.97. The van der Waals surface area contributed by atoms with Crippen LogP contribution in [-0.4, -0.2) is 47.7 Å². The van der Waals surface area contributed by atoms with Crippen LogP contribution in [0, 0.1) is 0 Å². The van der Waals surface area contributed by atoms with Gasteiger partial charge in [-0.05, 0) is 37.6 Å². The van der Waals surface area contributed by atoms with Gasteiger partial charge in [0.2, 0.25) is 0 Å². The Hall–Kier alpha value is -1.96. The molecule has 26 heavy (non-hydrogen) atoms. The van der Waals surface area contributed by atoms with Crippen molar-refractivity contribution >= 4 is 22.4 Å². The first-order valence-electron chi connectivity index (χ1n) is 8.96. The van der Waals surface area contributed by atoms with Crippen LogP contribution in [0.25, 0.3) is 0 Å². The Bertz CT molecular complexity index is 797. The minimum absolute atomic E-state index is 0.130. The van der Waals surface area contributed by atoms with Crippen LogP contribution in [-0.2, 0) is 17.7 Å². The Balaban J connectivity index is 1.38. The van der Waals surface area contributed by atoms with Gasteiger partial charge in [-0.1, -0.05) is 0 Å². The molecule has 2 atom stereocenters. The second kappa shape index (κ2) is 7.34. The fourth-order valence-electron chi connectivity index (χ4n) is 3.58. The quantitative estimate of drug-likeness (QED) is 0.893. The molecule has 4 rings (SSSR count). The van der Waals surface area contributed by atoms with Crippen molar-refractivity contribution in [2.24, 2.45) is 0 Å². The molecule has 0 aliphatic carbocycles. The standard InChI is InChI=1S/C19H23N3O3S/c1-12-8-22(9-13(2)25-12)10-16-11-26-19(20-16)21-18(23)15-3-4-17-14(7-15)5-6-24-17/h3-4,7,11-13H,5-6,8-10H2,1-2H3,(H,20,21,23). The Morgan fingerprint density at radius 2 is 2.15 bits per heavy atom. The monoisotopic (exact) mass is 373 g/mol. The van der Waals surface area contributed by atoms with Crippen molar-refractivity contribution in [1.29, 1.82) is 0 Å². The minimum atomic E-state index is -0.130. The van der Waals surface area contributed by atoms with E-state index in [9.17, 15) is 4.79 Å². The van der Waals surface area contributed by atoms with Gasteiger partial charge in [0.05, 0.1) is 24.5 Å². The van der Waals surface area contributed by atoms with Crippen molar-refractivity contribution in [2.75, 3.05) is 25.0 Å². The maximum atomic E-state index is 12.5. The van der Waals surface area contributed by atoms with E-state index in [-0.39, 0.29) is 18.1 Å². The molecule has 3 heterocycles. The lowest BCUT2D eigenvalue weighted by molar-refractivity contribution is -0.0707. The van der Waals surface area contributed by atoms with Crippen LogP contribution in [0.4, 0.5) is 5.13 Å². The second-order valence-corrected chi connectivity index (χ2v) is 7.83. The first-order valence-corrected chi connectivity index (χ1v) is 9.84. The van der Waals surface area contributed by atoms with Crippen molar-refractivity contribution in [3.8, 4) is 5.75 Å². The SMILES string of the molecule is CC1CN(Cc2csc(NC(=O)c3ccc4c(c3)CCO4)n2)CC(C)O1. The molecule has 2 aliphatic heterocycles. The highest BCUT2D eigenvalue weighted by Crippen LogP contribution is 2.26. The van der Waals surface area contributed by atoms with Crippen LogP contribution in [0.15, 0.2) is 23.6 Å². The van der Waals surface area contributed by atoms with Gasteiger partial charge in [-0.25, -0.2) is 4.98 Å². The van der Waals surface area contributed by atoms with Gasteiger partial charge in [-0.15, -0.1) is 11.3 Å². The number of thiazole rings is 1. The average molecular weight is 373 g/mol. The van der Waals surface area contributed by atoms with Gasteiger partial charge >= 0.3 is 0 Å². The zero-order valence-corrected chi connectivity index (χ0v) is 15.8. The van der Waals surface area contributed by atoms with Crippen molar-refractivity contribution in [2.45, 2.75) is 39.0 Å². The number of hydrogen-bond donors (Lipinski definition) is 1. The molecule has 138 valence electrons. The number of anilines is 1. The summed E-state index contributed by atoms with van der Waals surface area (Å²) in [5, 5.41) is 5.56. The molecule has 6 nitrogen and oxygen atoms in total. The highest BCUT2D eigenvalue weighted by Gasteiger charge is 2.23. The Kier molecular flexibility index (Phi) is 4.93. The Labute approximate surface area is 157 Å². The van der Waals surface area contributed by atoms with Crippen LogP contribution in [0.1, 0.15) is 35.5 Å². The molecular formula is C19H23N3O3S. The summed E-state index contributed by atoms with van der Waals surface area (Å²) in [5.41, 5.74) is 2.71. The van der Waals surface area contributed by atoms with E-state index in [0.29, 0.717) is 17.3 Å². The maximum Gasteiger partial charge on any atom is 0.257 e. The van der Waals surface area contributed by atoms with Crippen LogP contribution in [0.2, 0.25) is 0 Å². The summed E-state index contributed by atoms with van der Waals surface area (Å²) >= 11 is 1.46. The molecule has 0 spiro atoms. The molecule has 1 fully saturated rings. The molecule has 0 bridgehead atoms. The van der Waals surface area contributed by atoms with E-state index in [1.165, 1.54) is 11.3 Å². The molecule has 2 aromatic rings. The Morgan fingerprint density at radius 3 is 2.96 bits per heavy atom. The van der Waals surface area contributed by atoms with Crippen LogP contribution in [0.3, 0.4) is 0 Å². The number of carbonyl (C=O) groups excluding carboxylic acids is 1. The molecule has 1 amide bonds. The molecule has 7 heteroatoms. The number of morpholine rings is 1. The zero-order chi connectivity index (χ0) is 18.1. The van der Waals surface area contributed by atoms with E-state index in [4.69, 9.17) is 9.47 Å². The smallest absolute Gasteiger partial charge is 0.257 e. The fourth-order valence-corrected chi connectivity index (χ4v) is 4.27. The van der Waals surface area contributed by atoms with Gasteiger partial charge in [-0.2, -0.15) is 0 Å². The number of fused-ring (bicyclic) bond motifs is 1. The molecular weight excluding hydrogens is 350 g/mol. The summed E-state index contributed by atoms with van der Waals surface area (Å²) in [4.78, 5) is 19.4. The van der Waals surface area contributed by atoms with Crippen molar-refractivity contribution in [1.82, 2.24) is 9.88 Å². The zero-order valence-electron chi connectivity index (χ0n) is 15.0. The van der Waals surface area contributed by atoms with E-state index >= 15 is 0 Å². The molecule has 2 aliphatic rings. The highest BCUT2D eigenvalue weighted by molar-refractivity contribution is 7.13. The lowest BCUT2D eigenvalue weighted by Gasteiger charge is -2.34. The summed E-state index contributed by atoms with van der Waals surface area (Å²) in [6, 6.07) is 5.57. The summed E-state index contributed by atoms with van der Waals surface area (Å²) < 4.78 is 11.3. The average Bonchev–Trinajstić information content (AvgIpc) is 3.22. The third-order valence-corrected chi connectivity index (χ3v) is 5.41. The normalized spacial score (nSPS) is 22.7. The predicted octanol–water partition coefficient (Wildman–Crippen LogP) is 2.94. The first kappa shape index (κ1) is 17.5. The minimum Gasteiger partial charge on any atom is -0.493 e. The predicted molar refractivity (Wildman–Crippen MR) is 101 cm³/mol. The molecule has 1 aromatic heterocycles. The number of nitrogens with zero attached hydrogens (tertiary/aromatic N) is 2. The van der Waals surface area contributed by atoms with E-state index in [2.05, 4.69) is 29.0 Å². The van der Waals surface area contributed by atoms with Gasteiger partial charge in [0.15, 0.2) is 5.13 Å². The van der Waals surface area contributed by atoms with Crippen molar-refractivity contribution in [3.05, 3.63) is 40.4 Å². The van der Waals surface area contributed by atoms with E-state index in [0.717, 1.165) is 43.1 Å². The third kappa shape index (κ3) is 3.90. The summed E-state index contributed by atoms with van der Waals surface area (Å²) in [6.07, 6.45) is 1.33. The molecule has 1 aromatic carbocycles. The number of ether oxygens (including phenoxy) is 2. The molecule has 1 N–H and O–H groups in total. The Morgan fingerprint density at radius 1 is 1.35 bits per heavy atom. The topological polar surface area (TPSA) is 63.7 Å². The summed E-state index contributed by atoms with van der Waals surface area (Å²) in [6.45, 7) is 7.46. The van der Waals surface area contributed by atoms with Gasteiger partial charge in [-0.3, -0.25) is 15.0 Å². The van der Waals surface area contributed by atoms with Gasteiger partial charge in [0.1, 0.15) is 5.75 Å². The number of hydrogen-bond acceptors (Lipinski definition) is 6. The van der Waals surface area contributed by atoms with E-state index < -0.39 is 0 Å². The van der Waals surface area contributed by atoms with Crippen LogP contribution in [0.5, 0.6) is 5.75 Å². The first-order chi connectivity index (χ1) is 12.6. The molecule has 0 radical (unpaired) electrons. The largest absolute Gasteiger partial charge is 0.493 e. The maximum absolute atomic E-state index is 12.5. The lowest BCUT2D eigenvalue weighted by atomic mass is 10.1. The van der Waals surface area contributed by atoms with Crippen LogP contribution >= 0.6 is 11.3 Å². The van der Waals surface area contributed by atoms with Crippen LogP contribution < -0.4 is 10.1 Å². The van der Waals surface area contributed by atoms with Crippen molar-refractivity contribution in [3.63, 3.8) is 0 Å². The molecule has 2 unspecified atom stereocenters. The summed E-state index contributed by atoms with van der Waals surface area (Å²) in [7, 11) is 0. The number of aromatic nitrogens is 1. The number of carbonyl (C=O) groups is 1. The number of benzene rings is 1.